The first-order chi connectivity index (χ1) is 6.09. The minimum Gasteiger partial charge on any atom is -0.368 e. The average Bonchev–Trinajstić information content (AvgIpc) is 2.82. The molecule has 13 heavy (non-hydrogen) atoms. The minimum atomic E-state index is -0.340. The summed E-state index contributed by atoms with van der Waals surface area (Å²) >= 11 is 0. The minimum absolute atomic E-state index is 0.137. The van der Waals surface area contributed by atoms with Crippen LogP contribution in [-0.2, 0) is 4.79 Å². The van der Waals surface area contributed by atoms with Gasteiger partial charge in [-0.2, -0.15) is 5.26 Å². The molecule has 0 heterocycles. The molecule has 1 aliphatic carbocycles. The lowest BCUT2D eigenvalue weighted by molar-refractivity contribution is -0.119. The predicted octanol–water partition coefficient (Wildman–Crippen LogP) is 0.144. The lowest BCUT2D eigenvalue weighted by Crippen LogP contribution is -2.41. The molecule has 0 bridgehead atoms. The molecular weight excluding hydrogens is 166 g/mol. The predicted molar refractivity (Wildman–Crippen MR) is 48.6 cm³/mol. The Morgan fingerprint density at radius 2 is 2.38 bits per heavy atom. The van der Waals surface area contributed by atoms with Gasteiger partial charge in [0.2, 0.25) is 5.91 Å². The number of rotatable bonds is 5. The van der Waals surface area contributed by atoms with Crippen LogP contribution in [0.25, 0.3) is 0 Å². The van der Waals surface area contributed by atoms with Gasteiger partial charge < -0.3 is 11.1 Å². The molecule has 4 nitrogen and oxygen atoms in total. The second kappa shape index (κ2) is 3.75. The number of carbonyl (C=O) groups is 1. The number of hydrogen-bond acceptors (Lipinski definition) is 3. The molecule has 1 aliphatic rings. The third-order valence-corrected chi connectivity index (χ3v) is 2.62. The third-order valence-electron chi connectivity index (χ3n) is 2.62. The number of nitriles is 1. The van der Waals surface area contributed by atoms with E-state index < -0.39 is 0 Å². The molecule has 4 heteroatoms. The fraction of sp³-hybridized carbons (Fsp3) is 0.778. The second-order valence-corrected chi connectivity index (χ2v) is 3.84. The monoisotopic (exact) mass is 181 g/mol. The highest BCUT2D eigenvalue weighted by molar-refractivity contribution is 5.79. The molecule has 0 spiro atoms. The van der Waals surface area contributed by atoms with Gasteiger partial charge in [-0.25, -0.2) is 0 Å². The normalized spacial score (nSPS) is 20.3. The molecular formula is C9H15N3O. The maximum absolute atomic E-state index is 10.7. The number of hydrogen-bond donors (Lipinski definition) is 2. The summed E-state index contributed by atoms with van der Waals surface area (Å²) in [5.41, 5.74) is 5.23. The molecule has 0 aromatic heterocycles. The third kappa shape index (κ3) is 2.71. The van der Waals surface area contributed by atoms with E-state index in [4.69, 9.17) is 11.0 Å². The number of carbonyl (C=O) groups excluding carboxylic acids is 1. The van der Waals surface area contributed by atoms with Gasteiger partial charge in [-0.3, -0.25) is 4.79 Å². The highest BCUT2D eigenvalue weighted by Crippen LogP contribution is 2.47. The van der Waals surface area contributed by atoms with Crippen LogP contribution in [0.4, 0.5) is 0 Å². The van der Waals surface area contributed by atoms with Crippen LogP contribution in [0, 0.1) is 16.7 Å². The highest BCUT2D eigenvalue weighted by Gasteiger charge is 2.42. The Labute approximate surface area is 78.1 Å². The Hall–Kier alpha value is -1.08. The Balaban J connectivity index is 2.27. The first-order valence-electron chi connectivity index (χ1n) is 4.49. The first-order valence-corrected chi connectivity index (χ1v) is 4.49. The summed E-state index contributed by atoms with van der Waals surface area (Å²) in [6.45, 7) is 2.47. The Kier molecular flexibility index (Phi) is 2.89. The molecule has 1 amide bonds. The van der Waals surface area contributed by atoms with Gasteiger partial charge in [-0.1, -0.05) is 0 Å². The van der Waals surface area contributed by atoms with Crippen LogP contribution in [0.3, 0.4) is 0 Å². The molecule has 1 atom stereocenters. The lowest BCUT2D eigenvalue weighted by Gasteiger charge is -2.15. The first kappa shape index (κ1) is 10.0. The van der Waals surface area contributed by atoms with Gasteiger partial charge in [0.15, 0.2) is 0 Å². The van der Waals surface area contributed by atoms with Crippen LogP contribution in [0.15, 0.2) is 0 Å². The van der Waals surface area contributed by atoms with E-state index in [9.17, 15) is 4.79 Å². The van der Waals surface area contributed by atoms with Crippen molar-refractivity contribution in [2.75, 3.05) is 6.54 Å². The molecule has 0 aromatic carbocycles. The summed E-state index contributed by atoms with van der Waals surface area (Å²) in [5.74, 6) is -0.340. The zero-order valence-corrected chi connectivity index (χ0v) is 7.84. The van der Waals surface area contributed by atoms with E-state index in [1.807, 2.05) is 0 Å². The smallest absolute Gasteiger partial charge is 0.234 e. The maximum Gasteiger partial charge on any atom is 0.234 e. The maximum atomic E-state index is 10.7. The Bertz CT molecular complexity index is 240. The number of amides is 1. The van der Waals surface area contributed by atoms with E-state index >= 15 is 0 Å². The van der Waals surface area contributed by atoms with Gasteiger partial charge in [-0.15, -0.1) is 0 Å². The van der Waals surface area contributed by atoms with Gasteiger partial charge in [0.05, 0.1) is 12.1 Å². The van der Waals surface area contributed by atoms with Crippen LogP contribution in [0.5, 0.6) is 0 Å². The summed E-state index contributed by atoms with van der Waals surface area (Å²) in [5, 5.41) is 11.6. The van der Waals surface area contributed by atoms with Crippen LogP contribution < -0.4 is 11.1 Å². The van der Waals surface area contributed by atoms with Crippen LogP contribution in [0.2, 0.25) is 0 Å². The van der Waals surface area contributed by atoms with Crippen molar-refractivity contribution in [1.82, 2.24) is 5.32 Å². The van der Waals surface area contributed by atoms with Crippen molar-refractivity contribution in [1.29, 1.82) is 5.26 Å². The Morgan fingerprint density at radius 3 is 2.77 bits per heavy atom. The zero-order valence-electron chi connectivity index (χ0n) is 7.84. The van der Waals surface area contributed by atoms with Gasteiger partial charge >= 0.3 is 0 Å². The molecule has 0 aliphatic heterocycles. The highest BCUT2D eigenvalue weighted by atomic mass is 16.1. The molecule has 72 valence electrons. The standard InChI is InChI=1S/C9H15N3O/c1-7(8(11)13)12-6-9(2-3-9)4-5-10/h7,12H,2-4,6H2,1H3,(H2,11,13). The van der Waals surface area contributed by atoms with Gasteiger partial charge in [-0.05, 0) is 25.2 Å². The van der Waals surface area contributed by atoms with Crippen LogP contribution in [-0.4, -0.2) is 18.5 Å². The Morgan fingerprint density at radius 1 is 1.77 bits per heavy atom. The van der Waals surface area contributed by atoms with Gasteiger partial charge in [0, 0.05) is 13.0 Å². The number of primary amides is 1. The van der Waals surface area contributed by atoms with E-state index in [0.717, 1.165) is 19.4 Å². The van der Waals surface area contributed by atoms with Crippen molar-refractivity contribution in [3.63, 3.8) is 0 Å². The second-order valence-electron chi connectivity index (χ2n) is 3.84. The van der Waals surface area contributed by atoms with Crippen molar-refractivity contribution in [3.05, 3.63) is 0 Å². The summed E-state index contributed by atoms with van der Waals surface area (Å²) in [6, 6.07) is 1.87. The van der Waals surface area contributed by atoms with Crippen LogP contribution in [0.1, 0.15) is 26.2 Å². The van der Waals surface area contributed by atoms with E-state index in [1.165, 1.54) is 0 Å². The van der Waals surface area contributed by atoms with Crippen molar-refractivity contribution in [2.45, 2.75) is 32.2 Å². The molecule has 0 aromatic rings. The summed E-state index contributed by atoms with van der Waals surface area (Å²) in [7, 11) is 0. The molecule has 1 fully saturated rings. The molecule has 3 N–H and O–H groups in total. The summed E-state index contributed by atoms with van der Waals surface area (Å²) < 4.78 is 0. The van der Waals surface area contributed by atoms with E-state index in [2.05, 4.69) is 11.4 Å². The van der Waals surface area contributed by atoms with E-state index in [1.54, 1.807) is 6.92 Å². The fourth-order valence-electron chi connectivity index (χ4n) is 1.23. The lowest BCUT2D eigenvalue weighted by atomic mass is 10.0. The van der Waals surface area contributed by atoms with E-state index in [0.29, 0.717) is 6.42 Å². The summed E-state index contributed by atoms with van der Waals surface area (Å²) in [4.78, 5) is 10.7. The average molecular weight is 181 g/mol. The molecule has 1 rings (SSSR count). The van der Waals surface area contributed by atoms with Crippen molar-refractivity contribution < 1.29 is 4.79 Å². The molecule has 0 radical (unpaired) electrons. The quantitative estimate of drug-likeness (QED) is 0.633. The number of nitrogens with two attached hydrogens (primary N) is 1. The number of nitrogens with zero attached hydrogens (tertiary/aromatic N) is 1. The largest absolute Gasteiger partial charge is 0.368 e. The molecule has 0 saturated heterocycles. The SMILES string of the molecule is CC(NCC1(CC#N)CC1)C(N)=O. The van der Waals surface area contributed by atoms with Crippen molar-refractivity contribution in [2.24, 2.45) is 11.1 Å². The molecule has 1 unspecified atom stereocenters. The summed E-state index contributed by atoms with van der Waals surface area (Å²) in [6.07, 6.45) is 2.74. The zero-order chi connectivity index (χ0) is 9.90. The fourth-order valence-corrected chi connectivity index (χ4v) is 1.23. The van der Waals surface area contributed by atoms with Gasteiger partial charge in [0.1, 0.15) is 0 Å². The molecule has 1 saturated carbocycles. The topological polar surface area (TPSA) is 78.9 Å². The van der Waals surface area contributed by atoms with Crippen LogP contribution >= 0.6 is 0 Å². The van der Waals surface area contributed by atoms with E-state index in [-0.39, 0.29) is 17.4 Å². The number of nitrogens with one attached hydrogen (secondary N) is 1. The van der Waals surface area contributed by atoms with Crippen molar-refractivity contribution in [3.8, 4) is 6.07 Å². The van der Waals surface area contributed by atoms with Gasteiger partial charge in [0.25, 0.3) is 0 Å². The van der Waals surface area contributed by atoms with Crippen molar-refractivity contribution >= 4 is 5.91 Å².